The molecule has 4 heteroatoms. The summed E-state index contributed by atoms with van der Waals surface area (Å²) in [4.78, 5) is 8.12. The normalized spacial score (nSPS) is 10.4. The van der Waals surface area contributed by atoms with E-state index in [1.54, 1.807) is 0 Å². The second-order valence-corrected chi connectivity index (χ2v) is 3.24. The van der Waals surface area contributed by atoms with Gasteiger partial charge in [-0.05, 0) is 28.1 Å². The highest BCUT2D eigenvalue weighted by molar-refractivity contribution is 9.10. The lowest BCUT2D eigenvalue weighted by molar-refractivity contribution is 1.34. The van der Waals surface area contributed by atoms with E-state index in [1.807, 2.05) is 24.3 Å². The first-order valence-corrected chi connectivity index (χ1v) is 4.24. The number of aromatic nitrogens is 2. The van der Waals surface area contributed by atoms with Gasteiger partial charge in [0.05, 0.1) is 5.69 Å². The molecule has 1 aliphatic carbocycles. The molecule has 2 N–H and O–H groups in total. The van der Waals surface area contributed by atoms with Crippen LogP contribution in [0.15, 0.2) is 28.7 Å². The van der Waals surface area contributed by atoms with E-state index in [0.29, 0.717) is 5.95 Å². The molecule has 0 spiro atoms. The fourth-order valence-electron chi connectivity index (χ4n) is 1.03. The summed E-state index contributed by atoms with van der Waals surface area (Å²) in [6.07, 6.45) is 0. The largest absolute Gasteiger partial charge is 0.368 e. The summed E-state index contributed by atoms with van der Waals surface area (Å²) in [5.74, 6) is 0.317. The van der Waals surface area contributed by atoms with Gasteiger partial charge < -0.3 is 5.73 Å². The van der Waals surface area contributed by atoms with E-state index in [0.717, 1.165) is 15.9 Å². The zero-order valence-electron chi connectivity index (χ0n) is 6.16. The summed E-state index contributed by atoms with van der Waals surface area (Å²) < 4.78 is 0.909. The van der Waals surface area contributed by atoms with Crippen LogP contribution in [0.4, 0.5) is 5.95 Å². The van der Waals surface area contributed by atoms with Crippen molar-refractivity contribution in [3.8, 4) is 11.4 Å². The number of anilines is 1. The van der Waals surface area contributed by atoms with Crippen molar-refractivity contribution in [3.63, 3.8) is 0 Å². The molecular formula is C8H6BrN3. The second-order valence-electron chi connectivity index (χ2n) is 2.38. The highest BCUT2D eigenvalue weighted by Gasteiger charge is 2.09. The van der Waals surface area contributed by atoms with Crippen LogP contribution in [0, 0.1) is 0 Å². The third-order valence-electron chi connectivity index (χ3n) is 1.54. The highest BCUT2D eigenvalue weighted by Crippen LogP contribution is 2.26. The van der Waals surface area contributed by atoms with Gasteiger partial charge in [-0.2, -0.15) is 0 Å². The third kappa shape index (κ3) is 1.14. The molecule has 0 atom stereocenters. The molecule has 60 valence electrons. The van der Waals surface area contributed by atoms with Crippen LogP contribution < -0.4 is 5.73 Å². The zero-order valence-corrected chi connectivity index (χ0v) is 7.75. The predicted octanol–water partition coefficient (Wildman–Crippen LogP) is 1.93. The van der Waals surface area contributed by atoms with Crippen LogP contribution in [-0.2, 0) is 0 Å². The van der Waals surface area contributed by atoms with Gasteiger partial charge in [-0.3, -0.25) is 0 Å². The summed E-state index contributed by atoms with van der Waals surface area (Å²) >= 11 is 3.38. The molecule has 0 aromatic rings. The molecule has 1 heterocycles. The maximum atomic E-state index is 5.46. The van der Waals surface area contributed by atoms with E-state index < -0.39 is 0 Å². The second kappa shape index (κ2) is 2.71. The van der Waals surface area contributed by atoms with Gasteiger partial charge in [0, 0.05) is 4.47 Å². The molecule has 0 saturated heterocycles. The van der Waals surface area contributed by atoms with Crippen molar-refractivity contribution in [2.24, 2.45) is 0 Å². The number of nitrogens with zero attached hydrogens (tertiary/aromatic N) is 2. The molecule has 2 rings (SSSR count). The minimum atomic E-state index is 0.317. The average Bonchev–Trinajstić information content (AvgIpc) is 2.33. The molecule has 0 aromatic carbocycles. The van der Waals surface area contributed by atoms with Gasteiger partial charge in [-0.25, -0.2) is 9.97 Å². The van der Waals surface area contributed by atoms with E-state index in [2.05, 4.69) is 25.9 Å². The van der Waals surface area contributed by atoms with Crippen molar-refractivity contribution in [3.05, 3.63) is 28.7 Å². The van der Waals surface area contributed by atoms with Crippen LogP contribution in [0.1, 0.15) is 0 Å². The van der Waals surface area contributed by atoms with Gasteiger partial charge in [-0.15, -0.1) is 0 Å². The van der Waals surface area contributed by atoms with Gasteiger partial charge >= 0.3 is 0 Å². The maximum Gasteiger partial charge on any atom is 0.221 e. The van der Waals surface area contributed by atoms with Crippen LogP contribution in [0.3, 0.4) is 0 Å². The number of imidazole rings is 1. The van der Waals surface area contributed by atoms with Crippen molar-refractivity contribution in [2.75, 3.05) is 5.73 Å². The number of hydrogen-bond donors (Lipinski definition) is 1. The Morgan fingerprint density at radius 3 is 2.75 bits per heavy atom. The van der Waals surface area contributed by atoms with Crippen LogP contribution in [0.5, 0.6) is 0 Å². The summed E-state index contributed by atoms with van der Waals surface area (Å²) in [7, 11) is 0. The van der Waals surface area contributed by atoms with Crippen molar-refractivity contribution in [1.29, 1.82) is 0 Å². The first kappa shape index (κ1) is 7.49. The first-order chi connectivity index (χ1) is 5.77. The number of halogens is 1. The summed E-state index contributed by atoms with van der Waals surface area (Å²) in [6, 6.07) is 7.62. The van der Waals surface area contributed by atoms with Crippen molar-refractivity contribution in [2.45, 2.75) is 0 Å². The van der Waals surface area contributed by atoms with E-state index in [1.165, 1.54) is 0 Å². The molecular weight excluding hydrogens is 218 g/mol. The molecule has 0 aromatic heterocycles. The van der Waals surface area contributed by atoms with Gasteiger partial charge in [0.15, 0.2) is 0 Å². The summed E-state index contributed by atoms with van der Waals surface area (Å²) in [5, 5.41) is 0. The Balaban J connectivity index is 2.78. The minimum absolute atomic E-state index is 0.317. The molecule has 0 unspecified atom stereocenters. The Morgan fingerprint density at radius 2 is 1.92 bits per heavy atom. The van der Waals surface area contributed by atoms with Crippen LogP contribution >= 0.6 is 15.9 Å². The molecule has 0 saturated carbocycles. The van der Waals surface area contributed by atoms with Crippen LogP contribution in [-0.4, -0.2) is 9.97 Å². The number of fused-ring (bicyclic) bond motifs is 1. The van der Waals surface area contributed by atoms with Gasteiger partial charge in [0.1, 0.15) is 5.69 Å². The van der Waals surface area contributed by atoms with Crippen molar-refractivity contribution in [1.82, 2.24) is 9.97 Å². The highest BCUT2D eigenvalue weighted by atomic mass is 79.9. The Bertz CT molecular complexity index is 388. The monoisotopic (exact) mass is 223 g/mol. The fraction of sp³-hybridized carbons (Fsp3) is 0. The molecule has 0 fully saturated rings. The Morgan fingerprint density at radius 1 is 1.17 bits per heavy atom. The molecule has 2 aliphatic rings. The Kier molecular flexibility index (Phi) is 1.69. The molecule has 0 radical (unpaired) electrons. The van der Waals surface area contributed by atoms with E-state index in [4.69, 9.17) is 5.73 Å². The summed E-state index contributed by atoms with van der Waals surface area (Å²) in [5.41, 5.74) is 7.07. The van der Waals surface area contributed by atoms with Crippen LogP contribution in [0.25, 0.3) is 11.4 Å². The third-order valence-corrected chi connectivity index (χ3v) is 2.18. The summed E-state index contributed by atoms with van der Waals surface area (Å²) in [6.45, 7) is 0. The number of hydrogen-bond acceptors (Lipinski definition) is 3. The van der Waals surface area contributed by atoms with Gasteiger partial charge in [0.25, 0.3) is 0 Å². The lowest BCUT2D eigenvalue weighted by Crippen LogP contribution is -1.84. The zero-order chi connectivity index (χ0) is 8.55. The molecule has 1 aliphatic heterocycles. The lowest BCUT2D eigenvalue weighted by Gasteiger charge is -1.87. The number of nitrogen functional groups attached to an aromatic ring is 1. The number of rotatable bonds is 0. The first-order valence-electron chi connectivity index (χ1n) is 3.45. The smallest absolute Gasteiger partial charge is 0.221 e. The Labute approximate surface area is 78.1 Å². The molecule has 12 heavy (non-hydrogen) atoms. The van der Waals surface area contributed by atoms with Crippen molar-refractivity contribution < 1.29 is 0 Å². The average molecular weight is 224 g/mol. The molecule has 3 nitrogen and oxygen atoms in total. The fourth-order valence-corrected chi connectivity index (χ4v) is 1.48. The lowest BCUT2D eigenvalue weighted by atomic mass is 10.3. The maximum absolute atomic E-state index is 5.46. The number of nitrogens with two attached hydrogens (primary N) is 1. The van der Waals surface area contributed by atoms with E-state index in [-0.39, 0.29) is 0 Å². The van der Waals surface area contributed by atoms with Crippen molar-refractivity contribution >= 4 is 21.9 Å². The molecule has 0 amide bonds. The quantitative estimate of drug-likeness (QED) is 0.743. The standard InChI is InChI=1S/C8H6BrN3/c9-5-3-1-2-4-6-7(5)12-8(10)11-6/h1-4H,(H2,10,11,12). The van der Waals surface area contributed by atoms with E-state index >= 15 is 0 Å². The van der Waals surface area contributed by atoms with Gasteiger partial charge in [0.2, 0.25) is 5.95 Å². The van der Waals surface area contributed by atoms with Crippen LogP contribution in [0.2, 0.25) is 0 Å². The minimum Gasteiger partial charge on any atom is -0.368 e. The van der Waals surface area contributed by atoms with E-state index in [9.17, 15) is 0 Å². The SMILES string of the molecule is Nc1nc2ccccc(Br)c-2n1. The topological polar surface area (TPSA) is 51.8 Å². The molecule has 0 bridgehead atoms. The van der Waals surface area contributed by atoms with Gasteiger partial charge in [-0.1, -0.05) is 12.1 Å². The predicted molar refractivity (Wildman–Crippen MR) is 50.8 cm³/mol. The Hall–Kier alpha value is -1.16.